The third kappa shape index (κ3) is 9.01. The van der Waals surface area contributed by atoms with Gasteiger partial charge in [0.1, 0.15) is 0 Å². The predicted molar refractivity (Wildman–Crippen MR) is 90.5 cm³/mol. The summed E-state index contributed by atoms with van der Waals surface area (Å²) >= 11 is 0. The van der Waals surface area contributed by atoms with Crippen LogP contribution in [0.15, 0.2) is 24.3 Å². The van der Waals surface area contributed by atoms with Crippen LogP contribution in [0.5, 0.6) is 11.5 Å². The number of carbonyl (C=O) groups is 2. The summed E-state index contributed by atoms with van der Waals surface area (Å²) < 4.78 is 10.3. The molecule has 1 rings (SSSR count). The number of unbranched alkanes of at least 4 members (excludes halogenated alkanes) is 4. The number of para-hydroxylation sites is 2. The van der Waals surface area contributed by atoms with E-state index >= 15 is 0 Å². The average molecular weight is 320 g/mol. The molecule has 0 radical (unpaired) electrons. The molecule has 0 fully saturated rings. The monoisotopic (exact) mass is 320 g/mol. The zero-order chi connectivity index (χ0) is 17.1. The SMILES string of the molecule is CC(=O)Oc1ccccc1OC(=O)CCCCCCCC(C)C. The molecule has 0 unspecified atom stereocenters. The zero-order valence-corrected chi connectivity index (χ0v) is 14.5. The van der Waals surface area contributed by atoms with Crippen LogP contribution in [0.2, 0.25) is 0 Å². The van der Waals surface area contributed by atoms with Crippen LogP contribution in [0.1, 0.15) is 65.7 Å². The topological polar surface area (TPSA) is 52.6 Å². The molecule has 128 valence electrons. The van der Waals surface area contributed by atoms with Gasteiger partial charge >= 0.3 is 11.9 Å². The molecule has 0 heterocycles. The van der Waals surface area contributed by atoms with E-state index in [0.29, 0.717) is 12.2 Å². The zero-order valence-electron chi connectivity index (χ0n) is 14.5. The highest BCUT2D eigenvalue weighted by Crippen LogP contribution is 2.27. The summed E-state index contributed by atoms with van der Waals surface area (Å²) in [5, 5.41) is 0. The third-order valence-corrected chi connectivity index (χ3v) is 3.49. The second-order valence-electron chi connectivity index (χ2n) is 6.21. The predicted octanol–water partition coefficient (Wildman–Crippen LogP) is 4.90. The Morgan fingerprint density at radius 1 is 0.913 bits per heavy atom. The number of esters is 2. The van der Waals surface area contributed by atoms with Gasteiger partial charge in [0.15, 0.2) is 11.5 Å². The Morgan fingerprint density at radius 3 is 2.09 bits per heavy atom. The lowest BCUT2D eigenvalue weighted by atomic mass is 10.0. The van der Waals surface area contributed by atoms with E-state index in [1.165, 1.54) is 26.2 Å². The summed E-state index contributed by atoms with van der Waals surface area (Å²) in [5.41, 5.74) is 0. The smallest absolute Gasteiger partial charge is 0.311 e. The Kier molecular flexibility index (Phi) is 9.03. The number of hydrogen-bond acceptors (Lipinski definition) is 4. The summed E-state index contributed by atoms with van der Waals surface area (Å²) in [6.07, 6.45) is 7.17. The van der Waals surface area contributed by atoms with Crippen molar-refractivity contribution < 1.29 is 19.1 Å². The van der Waals surface area contributed by atoms with E-state index in [-0.39, 0.29) is 11.7 Å². The molecule has 1 aromatic carbocycles. The maximum atomic E-state index is 11.9. The van der Waals surface area contributed by atoms with Crippen molar-refractivity contribution in [2.75, 3.05) is 0 Å². The fourth-order valence-corrected chi connectivity index (χ4v) is 2.30. The van der Waals surface area contributed by atoms with Gasteiger partial charge in [0.25, 0.3) is 0 Å². The van der Waals surface area contributed by atoms with Crippen LogP contribution in [0.4, 0.5) is 0 Å². The van der Waals surface area contributed by atoms with Crippen molar-refractivity contribution in [3.8, 4) is 11.5 Å². The van der Waals surface area contributed by atoms with E-state index < -0.39 is 5.97 Å². The summed E-state index contributed by atoms with van der Waals surface area (Å²) in [6.45, 7) is 5.80. The summed E-state index contributed by atoms with van der Waals surface area (Å²) in [5.74, 6) is 0.621. The van der Waals surface area contributed by atoms with Gasteiger partial charge in [-0.25, -0.2) is 0 Å². The number of benzene rings is 1. The standard InChI is InChI=1S/C19H28O4/c1-15(2)11-7-5-4-6-8-14-19(21)23-18-13-10-9-12-17(18)22-16(3)20/h9-10,12-13,15H,4-8,11,14H2,1-3H3. The van der Waals surface area contributed by atoms with Gasteiger partial charge in [-0.1, -0.05) is 58.1 Å². The molecule has 0 saturated heterocycles. The number of hydrogen-bond donors (Lipinski definition) is 0. The average Bonchev–Trinajstić information content (AvgIpc) is 2.47. The molecular formula is C19H28O4. The third-order valence-electron chi connectivity index (χ3n) is 3.49. The summed E-state index contributed by atoms with van der Waals surface area (Å²) in [4.78, 5) is 22.9. The maximum Gasteiger partial charge on any atom is 0.311 e. The molecule has 4 nitrogen and oxygen atoms in total. The van der Waals surface area contributed by atoms with Gasteiger partial charge in [0, 0.05) is 13.3 Å². The molecule has 0 N–H and O–H groups in total. The van der Waals surface area contributed by atoms with Gasteiger partial charge in [-0.15, -0.1) is 0 Å². The highest BCUT2D eigenvalue weighted by molar-refractivity contribution is 5.75. The van der Waals surface area contributed by atoms with Gasteiger partial charge in [0.2, 0.25) is 0 Å². The van der Waals surface area contributed by atoms with Crippen LogP contribution in [0.3, 0.4) is 0 Å². The van der Waals surface area contributed by atoms with Gasteiger partial charge < -0.3 is 9.47 Å². The minimum atomic E-state index is -0.435. The Bertz CT molecular complexity index is 494. The van der Waals surface area contributed by atoms with Gasteiger partial charge in [-0.3, -0.25) is 9.59 Å². The van der Waals surface area contributed by atoms with E-state index in [9.17, 15) is 9.59 Å². The van der Waals surface area contributed by atoms with Crippen LogP contribution >= 0.6 is 0 Å². The molecule has 0 atom stereocenters. The summed E-state index contributed by atoms with van der Waals surface area (Å²) in [6, 6.07) is 6.71. The first-order valence-electron chi connectivity index (χ1n) is 8.47. The van der Waals surface area contributed by atoms with Gasteiger partial charge in [-0.2, -0.15) is 0 Å². The van der Waals surface area contributed by atoms with Crippen molar-refractivity contribution in [2.45, 2.75) is 65.7 Å². The fourth-order valence-electron chi connectivity index (χ4n) is 2.30. The van der Waals surface area contributed by atoms with Crippen LogP contribution in [-0.4, -0.2) is 11.9 Å². The quantitative estimate of drug-likeness (QED) is 0.349. The first-order valence-corrected chi connectivity index (χ1v) is 8.47. The van der Waals surface area contributed by atoms with Gasteiger partial charge in [-0.05, 0) is 24.5 Å². The molecule has 0 aliphatic rings. The second-order valence-corrected chi connectivity index (χ2v) is 6.21. The van der Waals surface area contributed by atoms with E-state index in [2.05, 4.69) is 13.8 Å². The van der Waals surface area contributed by atoms with E-state index in [0.717, 1.165) is 25.2 Å². The normalized spacial score (nSPS) is 10.6. The number of carbonyl (C=O) groups excluding carboxylic acids is 2. The first kappa shape index (κ1) is 19.2. The molecule has 0 amide bonds. The molecule has 0 bridgehead atoms. The molecular weight excluding hydrogens is 292 g/mol. The van der Waals surface area contributed by atoms with E-state index in [1.54, 1.807) is 24.3 Å². The van der Waals surface area contributed by atoms with Crippen LogP contribution in [-0.2, 0) is 9.59 Å². The number of ether oxygens (including phenoxy) is 2. The molecule has 0 aromatic heterocycles. The largest absolute Gasteiger partial charge is 0.423 e. The van der Waals surface area contributed by atoms with Crippen molar-refractivity contribution in [3.05, 3.63) is 24.3 Å². The highest BCUT2D eigenvalue weighted by atomic mass is 16.6. The lowest BCUT2D eigenvalue weighted by molar-refractivity contribution is -0.136. The summed E-state index contributed by atoms with van der Waals surface area (Å²) in [7, 11) is 0. The lowest BCUT2D eigenvalue weighted by Crippen LogP contribution is -2.10. The van der Waals surface area contributed by atoms with Crippen LogP contribution < -0.4 is 9.47 Å². The second kappa shape index (κ2) is 10.8. The van der Waals surface area contributed by atoms with Crippen LogP contribution in [0, 0.1) is 5.92 Å². The van der Waals surface area contributed by atoms with Gasteiger partial charge in [0.05, 0.1) is 0 Å². The van der Waals surface area contributed by atoms with Crippen molar-refractivity contribution in [3.63, 3.8) is 0 Å². The van der Waals surface area contributed by atoms with Crippen molar-refractivity contribution in [2.24, 2.45) is 5.92 Å². The van der Waals surface area contributed by atoms with Crippen LogP contribution in [0.25, 0.3) is 0 Å². The highest BCUT2D eigenvalue weighted by Gasteiger charge is 2.11. The molecule has 0 aliphatic carbocycles. The minimum absolute atomic E-state index is 0.280. The Morgan fingerprint density at radius 2 is 1.48 bits per heavy atom. The Hall–Kier alpha value is -1.84. The molecule has 0 aliphatic heterocycles. The Labute approximate surface area is 139 Å². The Balaban J connectivity index is 2.25. The molecule has 4 heteroatoms. The molecule has 23 heavy (non-hydrogen) atoms. The van der Waals surface area contributed by atoms with E-state index in [4.69, 9.17) is 9.47 Å². The van der Waals surface area contributed by atoms with E-state index in [1.807, 2.05) is 0 Å². The molecule has 1 aromatic rings. The minimum Gasteiger partial charge on any atom is -0.423 e. The van der Waals surface area contributed by atoms with Crippen molar-refractivity contribution >= 4 is 11.9 Å². The van der Waals surface area contributed by atoms with Crippen molar-refractivity contribution in [1.82, 2.24) is 0 Å². The number of rotatable bonds is 10. The molecule has 0 saturated carbocycles. The maximum absolute atomic E-state index is 11.9. The lowest BCUT2D eigenvalue weighted by Gasteiger charge is -2.09. The molecule has 0 spiro atoms. The fraction of sp³-hybridized carbons (Fsp3) is 0.579. The van der Waals surface area contributed by atoms with Crippen molar-refractivity contribution in [1.29, 1.82) is 0 Å². The first-order chi connectivity index (χ1) is 11.0.